The van der Waals surface area contributed by atoms with Gasteiger partial charge in [-0.3, -0.25) is 9.78 Å². The first-order chi connectivity index (χ1) is 17.2. The molecule has 7 nitrogen and oxygen atoms in total. The van der Waals surface area contributed by atoms with E-state index in [1.807, 2.05) is 42.5 Å². The molecule has 2 aromatic carbocycles. The molecule has 5 rings (SSSR count). The summed E-state index contributed by atoms with van der Waals surface area (Å²) in [5.41, 5.74) is 5.79. The van der Waals surface area contributed by atoms with E-state index in [0.29, 0.717) is 18.5 Å². The van der Waals surface area contributed by atoms with Crippen molar-refractivity contribution in [2.24, 2.45) is 0 Å². The number of carbonyl (C=O) groups is 1. The molecule has 1 fully saturated rings. The van der Waals surface area contributed by atoms with Gasteiger partial charge in [0.15, 0.2) is 0 Å². The highest BCUT2D eigenvalue weighted by Crippen LogP contribution is 2.20. The smallest absolute Gasteiger partial charge is 0.251 e. The molecule has 1 amide bonds. The summed E-state index contributed by atoms with van der Waals surface area (Å²) < 4.78 is 5.44. The molecule has 0 aliphatic carbocycles. The largest absolute Gasteiger partial charge is 0.378 e. The Balaban J connectivity index is 1.22. The number of pyridine rings is 1. The third kappa shape index (κ3) is 5.88. The van der Waals surface area contributed by atoms with Crippen molar-refractivity contribution in [3.8, 4) is 11.3 Å². The Morgan fingerprint density at radius 1 is 0.857 bits per heavy atom. The van der Waals surface area contributed by atoms with Crippen LogP contribution in [0.1, 0.15) is 27.3 Å². The summed E-state index contributed by atoms with van der Waals surface area (Å²) in [7, 11) is 0. The lowest BCUT2D eigenvalue weighted by Gasteiger charge is -2.28. The summed E-state index contributed by atoms with van der Waals surface area (Å²) in [4.78, 5) is 28.0. The van der Waals surface area contributed by atoms with E-state index < -0.39 is 0 Å². The van der Waals surface area contributed by atoms with Gasteiger partial charge in [0, 0.05) is 61.5 Å². The Hall–Kier alpha value is -4.10. The van der Waals surface area contributed by atoms with Crippen LogP contribution in [0.3, 0.4) is 0 Å². The average Bonchev–Trinajstić information content (AvgIpc) is 2.93. The Morgan fingerprint density at radius 3 is 2.34 bits per heavy atom. The van der Waals surface area contributed by atoms with Crippen LogP contribution in [0.15, 0.2) is 85.3 Å². The van der Waals surface area contributed by atoms with Gasteiger partial charge in [-0.1, -0.05) is 24.3 Å². The number of hydrogen-bond donors (Lipinski definition) is 1. The second-order valence-electron chi connectivity index (χ2n) is 8.42. The normalized spacial score (nSPS) is 13.4. The van der Waals surface area contributed by atoms with Crippen molar-refractivity contribution in [3.05, 3.63) is 108 Å². The summed E-state index contributed by atoms with van der Waals surface area (Å²) in [5.74, 6) is 0.651. The minimum Gasteiger partial charge on any atom is -0.378 e. The van der Waals surface area contributed by atoms with Gasteiger partial charge >= 0.3 is 0 Å². The van der Waals surface area contributed by atoms with Crippen LogP contribution < -0.4 is 10.2 Å². The number of hydrogen-bond acceptors (Lipinski definition) is 6. The van der Waals surface area contributed by atoms with Crippen LogP contribution in [-0.4, -0.2) is 47.2 Å². The molecule has 1 aliphatic rings. The molecule has 0 radical (unpaired) electrons. The Morgan fingerprint density at radius 2 is 1.60 bits per heavy atom. The maximum absolute atomic E-state index is 12.5. The SMILES string of the molecule is O=C(NCc1ccncc1)c1ccc(-c2ccnc(Cc3ccc(N4CCOCC4)cc3)n2)cc1. The summed E-state index contributed by atoms with van der Waals surface area (Å²) in [6.07, 6.45) is 5.88. The van der Waals surface area contributed by atoms with Crippen molar-refractivity contribution >= 4 is 11.6 Å². The summed E-state index contributed by atoms with van der Waals surface area (Å²) >= 11 is 0. The number of amides is 1. The van der Waals surface area contributed by atoms with E-state index in [-0.39, 0.29) is 5.91 Å². The van der Waals surface area contributed by atoms with Crippen LogP contribution >= 0.6 is 0 Å². The lowest BCUT2D eigenvalue weighted by Crippen LogP contribution is -2.36. The molecule has 3 heterocycles. The number of nitrogens with zero attached hydrogens (tertiary/aromatic N) is 4. The van der Waals surface area contributed by atoms with Crippen molar-refractivity contribution in [1.82, 2.24) is 20.3 Å². The molecule has 7 heteroatoms. The van der Waals surface area contributed by atoms with Crippen molar-refractivity contribution in [3.63, 3.8) is 0 Å². The van der Waals surface area contributed by atoms with Gasteiger partial charge in [-0.2, -0.15) is 0 Å². The maximum atomic E-state index is 12.5. The minimum atomic E-state index is -0.114. The number of carbonyl (C=O) groups excluding carboxylic acids is 1. The number of benzene rings is 2. The molecule has 176 valence electrons. The van der Waals surface area contributed by atoms with Crippen LogP contribution in [-0.2, 0) is 17.7 Å². The first-order valence-electron chi connectivity index (χ1n) is 11.8. The lowest BCUT2D eigenvalue weighted by atomic mass is 10.1. The van der Waals surface area contributed by atoms with Gasteiger partial charge < -0.3 is 15.0 Å². The van der Waals surface area contributed by atoms with Crippen LogP contribution in [0.5, 0.6) is 0 Å². The molecule has 0 saturated carbocycles. The third-order valence-electron chi connectivity index (χ3n) is 6.03. The fraction of sp³-hybridized carbons (Fsp3) is 0.214. The number of anilines is 1. The van der Waals surface area contributed by atoms with Crippen LogP contribution in [0.2, 0.25) is 0 Å². The van der Waals surface area contributed by atoms with Crippen LogP contribution in [0.4, 0.5) is 5.69 Å². The zero-order chi connectivity index (χ0) is 23.9. The second kappa shape index (κ2) is 10.9. The van der Waals surface area contributed by atoms with Gasteiger partial charge in [-0.15, -0.1) is 0 Å². The molecular formula is C28H27N5O2. The summed E-state index contributed by atoms with van der Waals surface area (Å²) in [6.45, 7) is 3.87. The molecule has 1 aliphatic heterocycles. The number of aromatic nitrogens is 3. The van der Waals surface area contributed by atoms with E-state index in [1.165, 1.54) is 11.3 Å². The molecule has 0 bridgehead atoms. The third-order valence-corrected chi connectivity index (χ3v) is 6.03. The first kappa shape index (κ1) is 22.7. The molecule has 0 spiro atoms. The van der Waals surface area contributed by atoms with Crippen molar-refractivity contribution in [1.29, 1.82) is 0 Å². The van der Waals surface area contributed by atoms with Crippen molar-refractivity contribution in [2.45, 2.75) is 13.0 Å². The molecule has 0 atom stereocenters. The second-order valence-corrected chi connectivity index (χ2v) is 8.42. The van der Waals surface area contributed by atoms with Gasteiger partial charge in [0.2, 0.25) is 0 Å². The van der Waals surface area contributed by atoms with Crippen LogP contribution in [0, 0.1) is 0 Å². The number of nitrogens with one attached hydrogen (secondary N) is 1. The highest BCUT2D eigenvalue weighted by Gasteiger charge is 2.11. The van der Waals surface area contributed by atoms with E-state index in [4.69, 9.17) is 9.72 Å². The average molecular weight is 466 g/mol. The van der Waals surface area contributed by atoms with E-state index in [0.717, 1.165) is 48.9 Å². The van der Waals surface area contributed by atoms with E-state index in [2.05, 4.69) is 44.5 Å². The molecule has 4 aromatic rings. The Bertz CT molecular complexity index is 1250. The monoisotopic (exact) mass is 465 g/mol. The van der Waals surface area contributed by atoms with Crippen LogP contribution in [0.25, 0.3) is 11.3 Å². The summed E-state index contributed by atoms with van der Waals surface area (Å²) in [5, 5.41) is 2.93. The van der Waals surface area contributed by atoms with E-state index >= 15 is 0 Å². The zero-order valence-corrected chi connectivity index (χ0v) is 19.4. The summed E-state index contributed by atoms with van der Waals surface area (Å²) in [6, 6.07) is 21.7. The Kier molecular flexibility index (Phi) is 7.05. The first-order valence-corrected chi connectivity index (χ1v) is 11.8. The maximum Gasteiger partial charge on any atom is 0.251 e. The van der Waals surface area contributed by atoms with Gasteiger partial charge in [-0.25, -0.2) is 9.97 Å². The Labute approximate surface area is 204 Å². The molecule has 2 aromatic heterocycles. The highest BCUT2D eigenvalue weighted by atomic mass is 16.5. The van der Waals surface area contributed by atoms with Gasteiger partial charge in [-0.05, 0) is 53.6 Å². The number of morpholine rings is 1. The number of ether oxygens (including phenoxy) is 1. The molecular weight excluding hydrogens is 438 g/mol. The molecule has 1 N–H and O–H groups in total. The van der Waals surface area contributed by atoms with Crippen molar-refractivity contribution < 1.29 is 9.53 Å². The van der Waals surface area contributed by atoms with Crippen molar-refractivity contribution in [2.75, 3.05) is 31.2 Å². The minimum absolute atomic E-state index is 0.114. The highest BCUT2D eigenvalue weighted by molar-refractivity contribution is 5.94. The molecule has 1 saturated heterocycles. The molecule has 35 heavy (non-hydrogen) atoms. The predicted molar refractivity (Wildman–Crippen MR) is 135 cm³/mol. The fourth-order valence-electron chi connectivity index (χ4n) is 4.05. The molecule has 0 unspecified atom stereocenters. The van der Waals surface area contributed by atoms with Gasteiger partial charge in [0.05, 0.1) is 18.9 Å². The fourth-order valence-corrected chi connectivity index (χ4v) is 4.05. The van der Waals surface area contributed by atoms with E-state index in [9.17, 15) is 4.79 Å². The van der Waals surface area contributed by atoms with E-state index in [1.54, 1.807) is 18.6 Å². The quantitative estimate of drug-likeness (QED) is 0.446. The van der Waals surface area contributed by atoms with Gasteiger partial charge in [0.25, 0.3) is 5.91 Å². The standard InChI is InChI=1S/C28H27N5O2/c34-28(31-20-22-9-12-29-13-10-22)24-5-3-23(4-6-24)26-11-14-30-27(32-26)19-21-1-7-25(8-2-21)33-15-17-35-18-16-33/h1-14H,15-20H2,(H,31,34). The number of rotatable bonds is 7. The van der Waals surface area contributed by atoms with Gasteiger partial charge in [0.1, 0.15) is 5.82 Å². The lowest BCUT2D eigenvalue weighted by molar-refractivity contribution is 0.0951. The topological polar surface area (TPSA) is 80.2 Å². The zero-order valence-electron chi connectivity index (χ0n) is 19.4. The predicted octanol–water partition coefficient (Wildman–Crippen LogP) is 3.90.